The van der Waals surface area contributed by atoms with E-state index in [1.54, 1.807) is 40.7 Å². The van der Waals surface area contributed by atoms with Crippen LogP contribution < -0.4 is 0 Å². The Morgan fingerprint density at radius 2 is 1.71 bits per heavy atom. The lowest BCUT2D eigenvalue weighted by Gasteiger charge is -2.41. The summed E-state index contributed by atoms with van der Waals surface area (Å²) in [6.07, 6.45) is 2.75. The van der Waals surface area contributed by atoms with E-state index in [4.69, 9.17) is 18.9 Å². The molecule has 2 N–H and O–H groups in total. The molecule has 1 heterocycles. The highest BCUT2D eigenvalue weighted by atomic mass is 16.6. The molecule has 1 saturated carbocycles. The number of hydrogen-bond donors (Lipinski definition) is 2. The molecular formula is C31H46O10. The lowest BCUT2D eigenvalue weighted by atomic mass is 9.71. The Bertz CT molecular complexity index is 1120. The first-order valence-corrected chi connectivity index (χ1v) is 14.7. The summed E-state index contributed by atoms with van der Waals surface area (Å²) in [6.45, 7) is 12.8. The van der Waals surface area contributed by atoms with Gasteiger partial charge in [0.05, 0.1) is 5.92 Å². The maximum Gasteiger partial charge on any atom is 0.341 e. The Morgan fingerprint density at radius 1 is 1.07 bits per heavy atom. The van der Waals surface area contributed by atoms with Gasteiger partial charge in [0.1, 0.15) is 11.2 Å². The third-order valence-electron chi connectivity index (χ3n) is 9.17. The van der Waals surface area contributed by atoms with Gasteiger partial charge in [0, 0.05) is 18.9 Å². The smallest absolute Gasteiger partial charge is 0.341 e. The van der Waals surface area contributed by atoms with Crippen molar-refractivity contribution in [3.05, 3.63) is 22.8 Å². The summed E-state index contributed by atoms with van der Waals surface area (Å²) in [5.41, 5.74) is -4.73. The molecule has 41 heavy (non-hydrogen) atoms. The fourth-order valence-electron chi connectivity index (χ4n) is 6.84. The second kappa shape index (κ2) is 12.3. The summed E-state index contributed by atoms with van der Waals surface area (Å²) in [5, 5.41) is 23.3. The third-order valence-corrected chi connectivity index (χ3v) is 9.17. The van der Waals surface area contributed by atoms with Gasteiger partial charge in [-0.15, -0.1) is 0 Å². The van der Waals surface area contributed by atoms with Gasteiger partial charge in [-0.05, 0) is 64.5 Å². The Labute approximate surface area is 242 Å². The molecule has 10 nitrogen and oxygen atoms in total. The molecule has 3 aliphatic rings. The first kappa shape index (κ1) is 32.8. The van der Waals surface area contributed by atoms with Crippen molar-refractivity contribution >= 4 is 23.9 Å². The molecule has 0 aromatic rings. The van der Waals surface area contributed by atoms with Gasteiger partial charge in [0.2, 0.25) is 0 Å². The molecule has 1 saturated heterocycles. The summed E-state index contributed by atoms with van der Waals surface area (Å²) in [4.78, 5) is 51.5. The number of carbonyl (C=O) groups excluding carboxylic acids is 4. The van der Waals surface area contributed by atoms with Crippen molar-refractivity contribution in [2.24, 2.45) is 11.8 Å². The number of aliphatic hydroxyl groups is 2. The van der Waals surface area contributed by atoms with Crippen molar-refractivity contribution in [1.29, 1.82) is 0 Å². The zero-order chi connectivity index (χ0) is 30.9. The number of ether oxygens (including phenoxy) is 4. The molecule has 2 fully saturated rings. The fraction of sp³-hybridized carbons (Fsp3) is 0.742. The quantitative estimate of drug-likeness (QED) is 0.129. The average Bonchev–Trinajstić information content (AvgIpc) is 3.22. The number of fused-ring (bicyclic) bond motifs is 3. The Balaban J connectivity index is 2.15. The van der Waals surface area contributed by atoms with Gasteiger partial charge in [0.25, 0.3) is 0 Å². The van der Waals surface area contributed by atoms with E-state index in [0.717, 1.165) is 25.7 Å². The number of carbonyl (C=O) groups is 4. The zero-order valence-corrected chi connectivity index (χ0v) is 25.6. The molecule has 0 spiro atoms. The molecule has 8 atom stereocenters. The molecule has 0 unspecified atom stereocenters. The first-order chi connectivity index (χ1) is 19.1. The van der Waals surface area contributed by atoms with E-state index >= 15 is 0 Å². The summed E-state index contributed by atoms with van der Waals surface area (Å²) >= 11 is 0. The van der Waals surface area contributed by atoms with Crippen molar-refractivity contribution in [3.63, 3.8) is 0 Å². The highest BCUT2D eigenvalue weighted by Crippen LogP contribution is 2.58. The van der Waals surface area contributed by atoms with Crippen LogP contribution in [0.3, 0.4) is 0 Å². The fourth-order valence-corrected chi connectivity index (χ4v) is 6.84. The van der Waals surface area contributed by atoms with Gasteiger partial charge in [-0.3, -0.25) is 9.59 Å². The van der Waals surface area contributed by atoms with Crippen molar-refractivity contribution in [2.45, 2.75) is 135 Å². The van der Waals surface area contributed by atoms with Crippen LogP contribution in [0.4, 0.5) is 0 Å². The third kappa shape index (κ3) is 5.82. The van der Waals surface area contributed by atoms with Crippen LogP contribution in [0.25, 0.3) is 0 Å². The monoisotopic (exact) mass is 578 g/mol. The Hall–Kier alpha value is -2.72. The SMILES string of the molecule is C/C=C(/C)C(=O)O[C@H]1C(C)=C2[C@H]([C@@H]1OC(=O)CCCCCCC)[C@@](C)(OC(C)=O)C[C@@H](C)[C@@]1(O)[C@H]2OC(=O)[C@@]1(C)O. The Morgan fingerprint density at radius 3 is 2.29 bits per heavy atom. The summed E-state index contributed by atoms with van der Waals surface area (Å²) in [7, 11) is 0. The van der Waals surface area contributed by atoms with Crippen molar-refractivity contribution in [3.8, 4) is 0 Å². The number of rotatable bonds is 10. The predicted molar refractivity (Wildman–Crippen MR) is 148 cm³/mol. The first-order valence-electron chi connectivity index (χ1n) is 14.7. The summed E-state index contributed by atoms with van der Waals surface area (Å²) in [5.74, 6) is -4.49. The minimum atomic E-state index is -2.28. The highest BCUT2D eigenvalue weighted by Gasteiger charge is 2.73. The largest absolute Gasteiger partial charge is 0.459 e. The topological polar surface area (TPSA) is 146 Å². The number of unbranched alkanes of at least 4 members (excludes halogenated alkanes) is 4. The molecule has 1 aliphatic heterocycles. The van der Waals surface area contributed by atoms with Gasteiger partial charge in [-0.25, -0.2) is 9.59 Å². The molecular weight excluding hydrogens is 532 g/mol. The second-order valence-corrected chi connectivity index (χ2v) is 12.2. The molecule has 0 aromatic carbocycles. The molecule has 0 amide bonds. The summed E-state index contributed by atoms with van der Waals surface area (Å²) < 4.78 is 23.5. The predicted octanol–water partition coefficient (Wildman–Crippen LogP) is 3.85. The van der Waals surface area contributed by atoms with Crippen LogP contribution in [0.5, 0.6) is 0 Å². The van der Waals surface area contributed by atoms with Gasteiger partial charge in [0.15, 0.2) is 23.9 Å². The van der Waals surface area contributed by atoms with Gasteiger partial charge < -0.3 is 29.2 Å². The molecule has 10 heteroatoms. The zero-order valence-electron chi connectivity index (χ0n) is 25.6. The summed E-state index contributed by atoms with van der Waals surface area (Å²) in [6, 6.07) is 0. The molecule has 2 aliphatic carbocycles. The number of allylic oxidation sites excluding steroid dienone is 1. The lowest BCUT2D eigenvalue weighted by molar-refractivity contribution is -0.187. The normalized spacial score (nSPS) is 36.7. The molecule has 0 bridgehead atoms. The number of hydrogen-bond acceptors (Lipinski definition) is 10. The Kier molecular flexibility index (Phi) is 9.80. The average molecular weight is 579 g/mol. The van der Waals surface area contributed by atoms with Crippen LogP contribution in [0, 0.1) is 11.8 Å². The van der Waals surface area contributed by atoms with Gasteiger partial charge in [-0.1, -0.05) is 45.6 Å². The van der Waals surface area contributed by atoms with E-state index in [0.29, 0.717) is 23.1 Å². The van der Waals surface area contributed by atoms with E-state index in [1.165, 1.54) is 13.8 Å². The van der Waals surface area contributed by atoms with Crippen LogP contribution in [0.1, 0.15) is 100 Å². The molecule has 3 rings (SSSR count). The minimum Gasteiger partial charge on any atom is -0.459 e. The van der Waals surface area contributed by atoms with Crippen LogP contribution in [0.2, 0.25) is 0 Å². The van der Waals surface area contributed by atoms with Crippen LogP contribution >= 0.6 is 0 Å². The minimum absolute atomic E-state index is 0.00651. The maximum atomic E-state index is 13.2. The van der Waals surface area contributed by atoms with E-state index in [2.05, 4.69) is 6.92 Å². The van der Waals surface area contributed by atoms with Crippen molar-refractivity contribution in [2.75, 3.05) is 0 Å². The van der Waals surface area contributed by atoms with Gasteiger partial charge in [-0.2, -0.15) is 0 Å². The van der Waals surface area contributed by atoms with Crippen LogP contribution in [-0.4, -0.2) is 69.2 Å². The number of esters is 4. The lowest BCUT2D eigenvalue weighted by Crippen LogP contribution is -2.60. The maximum absolute atomic E-state index is 13.2. The van der Waals surface area contributed by atoms with Crippen molar-refractivity contribution < 1.29 is 48.3 Å². The van der Waals surface area contributed by atoms with E-state index < -0.39 is 70.8 Å². The van der Waals surface area contributed by atoms with Crippen LogP contribution in [-0.2, 0) is 38.1 Å². The van der Waals surface area contributed by atoms with E-state index in [-0.39, 0.29) is 12.8 Å². The standard InChI is InChI=1S/C31H46O10/c1-9-11-12-13-14-15-21(33)38-25-23-22(19(5)24(25)39-27(34)17(3)10-2)26-31(37,30(8,36)28(35)40-26)18(4)16-29(23,7)41-20(6)32/h10,18,23-26,36-37H,9,11-16H2,1-8H3/b17-10-/t18-,23-,24+,25+,26+,29+,30-,31-/m1/s1. The second-order valence-electron chi connectivity index (χ2n) is 12.2. The molecule has 0 radical (unpaired) electrons. The van der Waals surface area contributed by atoms with Crippen molar-refractivity contribution in [1.82, 2.24) is 0 Å². The van der Waals surface area contributed by atoms with E-state index in [1.807, 2.05) is 0 Å². The van der Waals surface area contributed by atoms with Gasteiger partial charge >= 0.3 is 23.9 Å². The molecule has 0 aromatic heterocycles. The highest BCUT2D eigenvalue weighted by molar-refractivity contribution is 5.88. The molecule has 230 valence electrons. The van der Waals surface area contributed by atoms with E-state index in [9.17, 15) is 29.4 Å². The van der Waals surface area contributed by atoms with Crippen LogP contribution in [0.15, 0.2) is 22.8 Å².